The maximum Gasteiger partial charge on any atom is 0.226 e. The first-order valence-electron chi connectivity index (χ1n) is 4.93. The molecular formula is C12H12BrNO. The van der Waals surface area contributed by atoms with Gasteiger partial charge >= 0.3 is 0 Å². The van der Waals surface area contributed by atoms with Gasteiger partial charge in [-0.15, -0.1) is 0 Å². The minimum Gasteiger partial charge on any atom is -0.444 e. The van der Waals surface area contributed by atoms with E-state index in [1.807, 2.05) is 12.1 Å². The summed E-state index contributed by atoms with van der Waals surface area (Å²) in [5, 5.41) is 0.726. The molecule has 0 bridgehead atoms. The topological polar surface area (TPSA) is 26.0 Å². The van der Waals surface area contributed by atoms with Crippen LogP contribution in [0.5, 0.6) is 0 Å². The Bertz CT molecular complexity index is 450. The second-order valence-corrected chi connectivity index (χ2v) is 3.89. The van der Waals surface area contributed by atoms with Gasteiger partial charge in [0.15, 0.2) is 0 Å². The van der Waals surface area contributed by atoms with Crippen molar-refractivity contribution in [1.82, 2.24) is 4.98 Å². The van der Waals surface area contributed by atoms with Gasteiger partial charge in [-0.05, 0) is 24.1 Å². The fraction of sp³-hybridized carbons (Fsp3) is 0.250. The average molecular weight is 266 g/mol. The minimum absolute atomic E-state index is 0.694. The Kier molecular flexibility index (Phi) is 3.21. The van der Waals surface area contributed by atoms with Crippen molar-refractivity contribution in [2.75, 3.05) is 0 Å². The first-order valence-corrected chi connectivity index (χ1v) is 6.05. The molecule has 1 aromatic heterocycles. The summed E-state index contributed by atoms with van der Waals surface area (Å²) in [5.74, 6) is 0.694. The van der Waals surface area contributed by atoms with E-state index in [0.717, 1.165) is 23.0 Å². The lowest BCUT2D eigenvalue weighted by atomic mass is 10.1. The third kappa shape index (κ3) is 2.29. The quantitative estimate of drug-likeness (QED) is 0.790. The summed E-state index contributed by atoms with van der Waals surface area (Å²) >= 11 is 3.35. The lowest BCUT2D eigenvalue weighted by Gasteiger charge is -1.98. The van der Waals surface area contributed by atoms with E-state index >= 15 is 0 Å². The number of rotatable bonds is 3. The van der Waals surface area contributed by atoms with Crippen LogP contribution in [-0.4, -0.2) is 4.98 Å². The van der Waals surface area contributed by atoms with E-state index in [0.29, 0.717) is 5.89 Å². The lowest BCUT2D eigenvalue weighted by Crippen LogP contribution is -1.83. The molecule has 1 aromatic carbocycles. The molecule has 0 amide bonds. The molecule has 0 spiro atoms. The van der Waals surface area contributed by atoms with E-state index in [-0.39, 0.29) is 0 Å². The largest absolute Gasteiger partial charge is 0.444 e. The highest BCUT2D eigenvalue weighted by atomic mass is 79.9. The van der Waals surface area contributed by atoms with Gasteiger partial charge in [0.05, 0.1) is 5.69 Å². The molecule has 0 N–H and O–H groups in total. The fourth-order valence-corrected chi connectivity index (χ4v) is 1.68. The molecule has 0 aliphatic carbocycles. The van der Waals surface area contributed by atoms with Gasteiger partial charge in [-0.2, -0.15) is 0 Å². The molecule has 0 saturated carbocycles. The summed E-state index contributed by atoms with van der Waals surface area (Å²) < 4.78 is 5.40. The van der Waals surface area contributed by atoms with E-state index in [2.05, 4.69) is 40.0 Å². The first kappa shape index (κ1) is 10.4. The summed E-state index contributed by atoms with van der Waals surface area (Å²) in [6.45, 7) is 2.14. The van der Waals surface area contributed by atoms with Crippen molar-refractivity contribution in [2.45, 2.75) is 18.7 Å². The fourth-order valence-electron chi connectivity index (χ4n) is 1.43. The highest BCUT2D eigenvalue weighted by molar-refractivity contribution is 9.08. The zero-order valence-electron chi connectivity index (χ0n) is 8.53. The predicted molar refractivity (Wildman–Crippen MR) is 63.9 cm³/mol. The molecule has 0 unspecified atom stereocenters. The zero-order chi connectivity index (χ0) is 10.7. The summed E-state index contributed by atoms with van der Waals surface area (Å²) in [6.07, 6.45) is 2.71. The van der Waals surface area contributed by atoms with Crippen LogP contribution in [0.15, 0.2) is 34.9 Å². The van der Waals surface area contributed by atoms with E-state index < -0.39 is 0 Å². The van der Waals surface area contributed by atoms with Crippen molar-refractivity contribution in [3.8, 4) is 11.5 Å². The number of nitrogens with zero attached hydrogens (tertiary/aromatic N) is 1. The van der Waals surface area contributed by atoms with Gasteiger partial charge in [0.1, 0.15) is 6.26 Å². The Labute approximate surface area is 97.5 Å². The molecule has 0 radical (unpaired) electrons. The van der Waals surface area contributed by atoms with Crippen LogP contribution in [-0.2, 0) is 11.8 Å². The van der Waals surface area contributed by atoms with Crippen molar-refractivity contribution in [2.24, 2.45) is 0 Å². The van der Waals surface area contributed by atoms with Crippen molar-refractivity contribution >= 4 is 15.9 Å². The van der Waals surface area contributed by atoms with E-state index in [4.69, 9.17) is 4.42 Å². The minimum atomic E-state index is 0.694. The highest BCUT2D eigenvalue weighted by Gasteiger charge is 2.05. The third-order valence-corrected chi connectivity index (χ3v) is 2.85. The van der Waals surface area contributed by atoms with Crippen LogP contribution in [0.4, 0.5) is 0 Å². The van der Waals surface area contributed by atoms with Crippen LogP contribution in [0.1, 0.15) is 18.2 Å². The van der Waals surface area contributed by atoms with Crippen molar-refractivity contribution in [3.05, 3.63) is 41.8 Å². The number of hydrogen-bond donors (Lipinski definition) is 0. The van der Waals surface area contributed by atoms with E-state index in [1.54, 1.807) is 6.26 Å². The molecule has 0 atom stereocenters. The molecule has 1 heterocycles. The number of alkyl halides is 1. The third-order valence-electron chi connectivity index (χ3n) is 2.27. The molecule has 78 valence electrons. The maximum atomic E-state index is 5.40. The molecule has 0 aliphatic heterocycles. The van der Waals surface area contributed by atoms with Gasteiger partial charge in [-0.25, -0.2) is 4.98 Å². The Balaban J connectivity index is 2.35. The standard InChI is InChI=1S/C12H12BrNO/c1-2-9-4-3-5-10(6-9)12-14-11(7-13)8-15-12/h3-6,8H,2,7H2,1H3. The Hall–Kier alpha value is -1.09. The van der Waals surface area contributed by atoms with Crippen LogP contribution < -0.4 is 0 Å². The first-order chi connectivity index (χ1) is 7.33. The second-order valence-electron chi connectivity index (χ2n) is 3.33. The summed E-state index contributed by atoms with van der Waals surface area (Å²) in [7, 11) is 0. The van der Waals surface area contributed by atoms with Crippen LogP contribution in [0.2, 0.25) is 0 Å². The van der Waals surface area contributed by atoms with E-state index in [9.17, 15) is 0 Å². The molecule has 0 aliphatic rings. The molecular weight excluding hydrogens is 254 g/mol. The van der Waals surface area contributed by atoms with Gasteiger partial charge in [0, 0.05) is 10.9 Å². The SMILES string of the molecule is CCc1cccc(-c2nc(CBr)co2)c1. The summed E-state index contributed by atoms with van der Waals surface area (Å²) in [5.41, 5.74) is 3.26. The second kappa shape index (κ2) is 4.62. The monoisotopic (exact) mass is 265 g/mol. The maximum absolute atomic E-state index is 5.40. The number of benzene rings is 1. The van der Waals surface area contributed by atoms with Gasteiger partial charge in [0.2, 0.25) is 5.89 Å². The Morgan fingerprint density at radius 1 is 1.40 bits per heavy atom. The molecule has 2 nitrogen and oxygen atoms in total. The van der Waals surface area contributed by atoms with Crippen molar-refractivity contribution in [3.63, 3.8) is 0 Å². The highest BCUT2D eigenvalue weighted by Crippen LogP contribution is 2.20. The Morgan fingerprint density at radius 2 is 2.27 bits per heavy atom. The summed E-state index contributed by atoms with van der Waals surface area (Å²) in [6, 6.07) is 8.27. The Morgan fingerprint density at radius 3 is 2.93 bits per heavy atom. The van der Waals surface area contributed by atoms with Crippen molar-refractivity contribution in [1.29, 1.82) is 0 Å². The van der Waals surface area contributed by atoms with Crippen LogP contribution in [0.25, 0.3) is 11.5 Å². The van der Waals surface area contributed by atoms with E-state index in [1.165, 1.54) is 5.56 Å². The molecule has 3 heteroatoms. The van der Waals surface area contributed by atoms with Crippen LogP contribution in [0.3, 0.4) is 0 Å². The molecule has 15 heavy (non-hydrogen) atoms. The van der Waals surface area contributed by atoms with Crippen molar-refractivity contribution < 1.29 is 4.42 Å². The van der Waals surface area contributed by atoms with Gasteiger partial charge in [-0.1, -0.05) is 35.0 Å². The predicted octanol–water partition coefficient (Wildman–Crippen LogP) is 3.80. The summed E-state index contributed by atoms with van der Waals surface area (Å²) in [4.78, 5) is 4.36. The molecule has 2 aromatic rings. The molecule has 0 fully saturated rings. The number of hydrogen-bond acceptors (Lipinski definition) is 2. The lowest BCUT2D eigenvalue weighted by molar-refractivity contribution is 0.573. The number of oxazole rings is 1. The molecule has 2 rings (SSSR count). The van der Waals surface area contributed by atoms with Gasteiger partial charge in [0.25, 0.3) is 0 Å². The molecule has 0 saturated heterocycles. The number of aryl methyl sites for hydroxylation is 1. The zero-order valence-corrected chi connectivity index (χ0v) is 10.1. The smallest absolute Gasteiger partial charge is 0.226 e. The van der Waals surface area contributed by atoms with Crippen LogP contribution >= 0.6 is 15.9 Å². The van der Waals surface area contributed by atoms with Crippen LogP contribution in [0, 0.1) is 0 Å². The van der Waals surface area contributed by atoms with Gasteiger partial charge in [-0.3, -0.25) is 0 Å². The number of halogens is 1. The number of aromatic nitrogens is 1. The van der Waals surface area contributed by atoms with Gasteiger partial charge < -0.3 is 4.42 Å². The normalized spacial score (nSPS) is 10.5. The average Bonchev–Trinajstić information content (AvgIpc) is 2.78.